The van der Waals surface area contributed by atoms with Crippen LogP contribution in [-0.2, 0) is 14.6 Å². The molecule has 0 amide bonds. The maximum atomic E-state index is 13.5. The normalized spacial score (nSPS) is 22.6. The Kier molecular flexibility index (Phi) is 6.80. The van der Waals surface area contributed by atoms with Crippen molar-refractivity contribution in [3.05, 3.63) is 54.5 Å². The van der Waals surface area contributed by atoms with Crippen LogP contribution in [0.3, 0.4) is 0 Å². The lowest BCUT2D eigenvalue weighted by atomic mass is 9.73. The van der Waals surface area contributed by atoms with Crippen molar-refractivity contribution >= 4 is 32.6 Å². The van der Waals surface area contributed by atoms with Crippen LogP contribution < -0.4 is 4.90 Å². The largest absolute Gasteiger partial charge is 0.369 e. The molecule has 7 nitrogen and oxygen atoms in total. The fourth-order valence-electron chi connectivity index (χ4n) is 5.93. The molecule has 9 heteroatoms. The third kappa shape index (κ3) is 5.24. The van der Waals surface area contributed by atoms with Crippen LogP contribution in [0.2, 0.25) is 0 Å². The van der Waals surface area contributed by atoms with E-state index in [-0.39, 0.29) is 22.9 Å². The van der Waals surface area contributed by atoms with Crippen LogP contribution in [0.1, 0.15) is 56.6 Å². The van der Waals surface area contributed by atoms with Gasteiger partial charge in [-0.2, -0.15) is 5.26 Å². The summed E-state index contributed by atoms with van der Waals surface area (Å²) < 4.78 is 23.7. The van der Waals surface area contributed by atoms with E-state index in [1.807, 2.05) is 30.5 Å². The lowest BCUT2D eigenvalue weighted by Gasteiger charge is -2.39. The first-order chi connectivity index (χ1) is 18.8. The van der Waals surface area contributed by atoms with E-state index in [4.69, 9.17) is 4.98 Å². The van der Waals surface area contributed by atoms with E-state index in [0.717, 1.165) is 70.9 Å². The number of rotatable bonds is 8. The molecule has 2 aromatic heterocycles. The minimum atomic E-state index is -3.02. The van der Waals surface area contributed by atoms with E-state index in [1.54, 1.807) is 17.5 Å². The molecule has 2 saturated carbocycles. The number of anilines is 1. The Hall–Kier alpha value is -3.09. The number of carbonyl (C=O) groups excluding carboxylic acids is 1. The maximum absolute atomic E-state index is 13.5. The molecule has 2 atom stereocenters. The van der Waals surface area contributed by atoms with Gasteiger partial charge in [0.1, 0.15) is 10.8 Å². The number of carbonyl (C=O) groups is 1. The number of aromatic nitrogens is 2. The van der Waals surface area contributed by atoms with Gasteiger partial charge in [0.2, 0.25) is 0 Å². The third-order valence-electron chi connectivity index (χ3n) is 8.64. The van der Waals surface area contributed by atoms with Gasteiger partial charge in [-0.3, -0.25) is 9.78 Å². The number of hydrogen-bond acceptors (Lipinski definition) is 8. The highest BCUT2D eigenvalue weighted by molar-refractivity contribution is 7.91. The molecule has 6 rings (SSSR count). The first kappa shape index (κ1) is 26.1. The molecular formula is C30H32N4O3S2. The average Bonchev–Trinajstić information content (AvgIpc) is 3.54. The fourth-order valence-corrected chi connectivity index (χ4v) is 7.97. The summed E-state index contributed by atoms with van der Waals surface area (Å²) >= 11 is 1.63. The average molecular weight is 561 g/mol. The van der Waals surface area contributed by atoms with E-state index >= 15 is 0 Å². The molecule has 3 heterocycles. The van der Waals surface area contributed by atoms with Crippen molar-refractivity contribution in [2.24, 2.45) is 11.3 Å². The molecule has 3 aliphatic rings. The van der Waals surface area contributed by atoms with Gasteiger partial charge in [-0.1, -0.05) is 25.0 Å². The summed E-state index contributed by atoms with van der Waals surface area (Å²) in [5, 5.41) is 10.2. The molecular weight excluding hydrogens is 528 g/mol. The van der Waals surface area contributed by atoms with Crippen molar-refractivity contribution in [1.82, 2.24) is 9.97 Å². The Labute approximate surface area is 233 Å². The monoisotopic (exact) mass is 560 g/mol. The first-order valence-electron chi connectivity index (χ1n) is 13.7. The van der Waals surface area contributed by atoms with E-state index in [9.17, 15) is 18.5 Å². The van der Waals surface area contributed by atoms with E-state index in [1.165, 1.54) is 6.26 Å². The number of benzene rings is 1. The SMILES string of the molecule is CS(=O)(=O)C1CN(c2ccc(-c3sc(-c4cccnc4)nc3[C@@H]3CCCC[C@H]3C(=O)CC3(C#N)CC3)cc2)C1. The van der Waals surface area contributed by atoms with Gasteiger partial charge in [0.15, 0.2) is 9.84 Å². The number of ketones is 1. The molecule has 0 unspecified atom stereocenters. The quantitative estimate of drug-likeness (QED) is 0.351. The van der Waals surface area contributed by atoms with Gasteiger partial charge in [0.25, 0.3) is 0 Å². The predicted molar refractivity (Wildman–Crippen MR) is 153 cm³/mol. The Morgan fingerprint density at radius 2 is 1.87 bits per heavy atom. The van der Waals surface area contributed by atoms with Crippen molar-refractivity contribution in [2.45, 2.75) is 56.1 Å². The van der Waals surface area contributed by atoms with Gasteiger partial charge >= 0.3 is 0 Å². The molecule has 3 aromatic rings. The Morgan fingerprint density at radius 1 is 1.13 bits per heavy atom. The number of nitriles is 1. The van der Waals surface area contributed by atoms with E-state index in [0.29, 0.717) is 19.5 Å². The summed E-state index contributed by atoms with van der Waals surface area (Å²) in [7, 11) is -3.02. The molecule has 3 fully saturated rings. The van der Waals surface area contributed by atoms with Gasteiger partial charge in [-0.15, -0.1) is 11.3 Å². The number of thiazole rings is 1. The van der Waals surface area contributed by atoms with Gasteiger partial charge in [0, 0.05) is 61.2 Å². The molecule has 1 saturated heterocycles. The van der Waals surface area contributed by atoms with E-state index < -0.39 is 15.3 Å². The van der Waals surface area contributed by atoms with Crippen LogP contribution in [0.4, 0.5) is 5.69 Å². The van der Waals surface area contributed by atoms with Crippen molar-refractivity contribution in [3.63, 3.8) is 0 Å². The first-order valence-corrected chi connectivity index (χ1v) is 16.4. The van der Waals surface area contributed by atoms with Crippen molar-refractivity contribution in [1.29, 1.82) is 5.26 Å². The molecule has 0 N–H and O–H groups in total. The zero-order chi connectivity index (χ0) is 27.2. The number of hydrogen-bond donors (Lipinski definition) is 0. The number of sulfone groups is 1. The van der Waals surface area contributed by atoms with Crippen LogP contribution >= 0.6 is 11.3 Å². The van der Waals surface area contributed by atoms with Gasteiger partial charge < -0.3 is 4.90 Å². The topological polar surface area (TPSA) is 104 Å². The third-order valence-corrected chi connectivity index (χ3v) is 11.3. The fraction of sp³-hybridized carbons (Fsp3) is 0.467. The zero-order valence-electron chi connectivity index (χ0n) is 22.0. The Morgan fingerprint density at radius 3 is 2.51 bits per heavy atom. The predicted octanol–water partition coefficient (Wildman–Crippen LogP) is 5.64. The highest BCUT2D eigenvalue weighted by Crippen LogP contribution is 2.51. The molecule has 1 aliphatic heterocycles. The molecule has 0 bridgehead atoms. The summed E-state index contributed by atoms with van der Waals surface area (Å²) in [6, 6.07) is 14.6. The molecule has 0 spiro atoms. The summed E-state index contributed by atoms with van der Waals surface area (Å²) in [4.78, 5) is 26.1. The summed E-state index contributed by atoms with van der Waals surface area (Å²) in [6.45, 7) is 1.04. The van der Waals surface area contributed by atoms with Crippen LogP contribution in [0.5, 0.6) is 0 Å². The summed E-state index contributed by atoms with van der Waals surface area (Å²) in [5.41, 5.74) is 3.56. The lowest BCUT2D eigenvalue weighted by molar-refractivity contribution is -0.125. The molecule has 2 aliphatic carbocycles. The summed E-state index contributed by atoms with van der Waals surface area (Å²) in [5.74, 6) is 0.137. The maximum Gasteiger partial charge on any atom is 0.153 e. The Bertz CT molecular complexity index is 1520. The highest BCUT2D eigenvalue weighted by Gasteiger charge is 2.47. The van der Waals surface area contributed by atoms with Gasteiger partial charge in [-0.25, -0.2) is 13.4 Å². The van der Waals surface area contributed by atoms with Crippen LogP contribution in [0.15, 0.2) is 48.8 Å². The minimum absolute atomic E-state index is 0.0305. The second-order valence-corrected chi connectivity index (χ2v) is 14.7. The second-order valence-electron chi connectivity index (χ2n) is 11.4. The molecule has 1 aromatic carbocycles. The van der Waals surface area contributed by atoms with Crippen LogP contribution in [0, 0.1) is 22.7 Å². The minimum Gasteiger partial charge on any atom is -0.369 e. The van der Waals surface area contributed by atoms with Crippen LogP contribution in [-0.4, -0.2) is 48.8 Å². The lowest BCUT2D eigenvalue weighted by Crippen LogP contribution is -2.54. The zero-order valence-corrected chi connectivity index (χ0v) is 23.7. The second kappa shape index (κ2) is 10.1. The highest BCUT2D eigenvalue weighted by atomic mass is 32.2. The molecule has 202 valence electrons. The number of pyridine rings is 1. The molecule has 39 heavy (non-hydrogen) atoms. The van der Waals surface area contributed by atoms with Crippen LogP contribution in [0.25, 0.3) is 21.0 Å². The smallest absolute Gasteiger partial charge is 0.153 e. The molecule has 0 radical (unpaired) electrons. The van der Waals surface area contributed by atoms with Gasteiger partial charge in [0.05, 0.1) is 27.3 Å². The standard InChI is InChI=1S/C30H32N4O3S2/c1-39(36,37)23-17-34(18-23)22-10-8-20(9-11-22)28-27(33-29(38-28)21-5-4-14-32-16-21)25-7-3-2-6-24(25)26(35)15-30(19-31)12-13-30/h4-5,8-11,14,16,23-25H,2-3,6-7,12-13,15,17-18H2,1H3/t24-,25-/m1/s1. The Balaban J connectivity index is 1.32. The number of Topliss-reactive ketones (excluding diaryl/α,β-unsaturated/α-hetero) is 1. The van der Waals surface area contributed by atoms with Crippen molar-refractivity contribution < 1.29 is 13.2 Å². The summed E-state index contributed by atoms with van der Waals surface area (Å²) in [6.07, 6.45) is 10.7. The van der Waals surface area contributed by atoms with Gasteiger partial charge in [-0.05, 0) is 55.5 Å². The number of nitrogens with zero attached hydrogens (tertiary/aromatic N) is 4. The van der Waals surface area contributed by atoms with Crippen molar-refractivity contribution in [3.8, 4) is 27.1 Å². The van der Waals surface area contributed by atoms with E-state index in [2.05, 4.69) is 28.1 Å². The van der Waals surface area contributed by atoms with Crippen molar-refractivity contribution in [2.75, 3.05) is 24.2 Å².